The van der Waals surface area contributed by atoms with E-state index in [9.17, 15) is 17.6 Å². The van der Waals surface area contributed by atoms with Crippen LogP contribution >= 0.6 is 0 Å². The predicted molar refractivity (Wildman–Crippen MR) is 75.9 cm³/mol. The van der Waals surface area contributed by atoms with Crippen molar-refractivity contribution >= 4 is 21.6 Å². The number of ether oxygens (including phenoxy) is 1. The van der Waals surface area contributed by atoms with Gasteiger partial charge in [0.1, 0.15) is 0 Å². The van der Waals surface area contributed by atoms with E-state index in [4.69, 9.17) is 10.5 Å². The van der Waals surface area contributed by atoms with Gasteiger partial charge < -0.3 is 15.8 Å². The third-order valence-electron chi connectivity index (χ3n) is 2.58. The number of nitrogens with one attached hydrogen (secondary N) is 2. The minimum atomic E-state index is -3.95. The van der Waals surface area contributed by atoms with E-state index in [-0.39, 0.29) is 35.2 Å². The lowest BCUT2D eigenvalue weighted by Gasteiger charge is -2.10. The van der Waals surface area contributed by atoms with Gasteiger partial charge in [-0.25, -0.2) is 17.5 Å². The van der Waals surface area contributed by atoms with E-state index < -0.39 is 15.8 Å². The van der Waals surface area contributed by atoms with E-state index in [1.54, 1.807) is 6.92 Å². The van der Waals surface area contributed by atoms with Crippen LogP contribution in [0.5, 0.6) is 5.75 Å². The number of carbonyl (C=O) groups excluding carboxylic acids is 1. The van der Waals surface area contributed by atoms with Gasteiger partial charge in [-0.2, -0.15) is 0 Å². The molecule has 21 heavy (non-hydrogen) atoms. The van der Waals surface area contributed by atoms with Crippen LogP contribution in [-0.2, 0) is 14.8 Å². The molecule has 0 unspecified atom stereocenters. The van der Waals surface area contributed by atoms with Crippen LogP contribution in [0.2, 0.25) is 0 Å². The van der Waals surface area contributed by atoms with Crippen LogP contribution in [0.25, 0.3) is 0 Å². The molecule has 0 aliphatic rings. The molecule has 0 spiro atoms. The van der Waals surface area contributed by atoms with Crippen LogP contribution in [-0.4, -0.2) is 34.5 Å². The van der Waals surface area contributed by atoms with E-state index in [1.165, 1.54) is 7.11 Å². The Hall–Kier alpha value is -1.87. The fourth-order valence-electron chi connectivity index (χ4n) is 1.63. The molecular formula is C12H18FN3O4S. The van der Waals surface area contributed by atoms with Crippen LogP contribution in [0, 0.1) is 5.82 Å². The van der Waals surface area contributed by atoms with Crippen molar-refractivity contribution in [3.63, 3.8) is 0 Å². The number of sulfonamides is 1. The number of nitrogens with two attached hydrogens (primary N) is 1. The minimum absolute atomic E-state index is 0.0127. The highest BCUT2D eigenvalue weighted by atomic mass is 32.2. The maximum Gasteiger partial charge on any atom is 0.240 e. The summed E-state index contributed by atoms with van der Waals surface area (Å²) in [7, 11) is -2.72. The molecule has 0 bridgehead atoms. The summed E-state index contributed by atoms with van der Waals surface area (Å²) in [6, 6.07) is 1.90. The molecule has 1 aromatic carbocycles. The Kier molecular flexibility index (Phi) is 5.91. The Balaban J connectivity index is 2.82. The fraction of sp³-hybridized carbons (Fsp3) is 0.417. The normalized spacial score (nSPS) is 11.2. The van der Waals surface area contributed by atoms with E-state index >= 15 is 0 Å². The molecule has 7 nitrogen and oxygen atoms in total. The van der Waals surface area contributed by atoms with Gasteiger partial charge in [0.05, 0.1) is 17.7 Å². The monoisotopic (exact) mass is 319 g/mol. The topological polar surface area (TPSA) is 111 Å². The van der Waals surface area contributed by atoms with Crippen molar-refractivity contribution in [2.24, 2.45) is 0 Å². The van der Waals surface area contributed by atoms with Crippen LogP contribution in [0.3, 0.4) is 0 Å². The van der Waals surface area contributed by atoms with Gasteiger partial charge in [0.25, 0.3) is 0 Å². The van der Waals surface area contributed by atoms with Crippen molar-refractivity contribution < 1.29 is 22.3 Å². The van der Waals surface area contributed by atoms with Gasteiger partial charge in [-0.3, -0.25) is 4.79 Å². The molecule has 0 atom stereocenters. The van der Waals surface area contributed by atoms with Crippen LogP contribution in [0.15, 0.2) is 17.0 Å². The maximum atomic E-state index is 13.6. The standard InChI is InChI=1S/C12H18FN3O4S/c1-3-15-11(17)4-5-16-21(18,19)8-6-9(13)12(20-2)10(14)7-8/h6-7,16H,3-5,14H2,1-2H3,(H,15,17). The largest absolute Gasteiger partial charge is 0.492 e. The molecule has 0 saturated heterocycles. The number of amides is 1. The molecule has 1 amide bonds. The Bertz CT molecular complexity index is 596. The maximum absolute atomic E-state index is 13.6. The summed E-state index contributed by atoms with van der Waals surface area (Å²) in [6.07, 6.45) is -0.0127. The molecule has 1 aromatic rings. The number of methoxy groups -OCH3 is 1. The average molecular weight is 319 g/mol. The van der Waals surface area contributed by atoms with Crippen molar-refractivity contribution in [3.8, 4) is 5.75 Å². The van der Waals surface area contributed by atoms with Gasteiger partial charge in [0.2, 0.25) is 15.9 Å². The number of hydrogen-bond acceptors (Lipinski definition) is 5. The lowest BCUT2D eigenvalue weighted by Crippen LogP contribution is -2.30. The molecule has 0 aliphatic carbocycles. The molecule has 0 saturated carbocycles. The summed E-state index contributed by atoms with van der Waals surface area (Å²) in [5.74, 6) is -1.36. The molecule has 0 aliphatic heterocycles. The first kappa shape index (κ1) is 17.2. The minimum Gasteiger partial charge on any atom is -0.492 e. The predicted octanol–water partition coefficient (Wildman–Crippen LogP) is 0.221. The molecule has 0 heterocycles. The Labute approximate surface area is 122 Å². The smallest absolute Gasteiger partial charge is 0.240 e. The van der Waals surface area contributed by atoms with Crippen LogP contribution in [0.1, 0.15) is 13.3 Å². The molecule has 0 fully saturated rings. The van der Waals surface area contributed by atoms with Crippen LogP contribution < -0.4 is 20.5 Å². The number of halogens is 1. The zero-order chi connectivity index (χ0) is 16.0. The molecule has 0 radical (unpaired) electrons. The van der Waals surface area contributed by atoms with Crippen molar-refractivity contribution in [3.05, 3.63) is 17.9 Å². The molecule has 9 heteroatoms. The Morgan fingerprint density at radius 3 is 2.62 bits per heavy atom. The highest BCUT2D eigenvalue weighted by Gasteiger charge is 2.19. The van der Waals surface area contributed by atoms with Crippen LogP contribution in [0.4, 0.5) is 10.1 Å². The second-order valence-corrected chi connectivity index (χ2v) is 5.90. The second kappa shape index (κ2) is 7.23. The van der Waals surface area contributed by atoms with Gasteiger partial charge in [-0.05, 0) is 19.1 Å². The summed E-state index contributed by atoms with van der Waals surface area (Å²) >= 11 is 0. The van der Waals surface area contributed by atoms with Crippen molar-refractivity contribution in [2.45, 2.75) is 18.2 Å². The van der Waals surface area contributed by atoms with E-state index in [2.05, 4.69) is 10.0 Å². The number of hydrogen-bond donors (Lipinski definition) is 3. The zero-order valence-corrected chi connectivity index (χ0v) is 12.6. The van der Waals surface area contributed by atoms with E-state index in [0.29, 0.717) is 6.54 Å². The fourth-order valence-corrected chi connectivity index (χ4v) is 2.71. The molecule has 118 valence electrons. The number of anilines is 1. The number of nitrogen functional groups attached to an aromatic ring is 1. The highest BCUT2D eigenvalue weighted by Crippen LogP contribution is 2.28. The quantitative estimate of drug-likeness (QED) is 0.623. The van der Waals surface area contributed by atoms with Gasteiger partial charge >= 0.3 is 0 Å². The summed E-state index contributed by atoms with van der Waals surface area (Å²) in [5.41, 5.74) is 5.40. The summed E-state index contributed by atoms with van der Waals surface area (Å²) in [5, 5.41) is 2.53. The van der Waals surface area contributed by atoms with Crippen molar-refractivity contribution in [1.82, 2.24) is 10.0 Å². The molecule has 1 rings (SSSR count). The molecular weight excluding hydrogens is 301 g/mol. The first-order valence-electron chi connectivity index (χ1n) is 6.21. The number of carbonyl (C=O) groups is 1. The lowest BCUT2D eigenvalue weighted by atomic mass is 10.3. The second-order valence-electron chi connectivity index (χ2n) is 4.13. The van der Waals surface area contributed by atoms with Gasteiger partial charge in [-0.1, -0.05) is 0 Å². The number of benzene rings is 1. The molecule has 0 aromatic heterocycles. The first-order valence-corrected chi connectivity index (χ1v) is 7.69. The summed E-state index contributed by atoms with van der Waals surface area (Å²) in [4.78, 5) is 10.9. The lowest BCUT2D eigenvalue weighted by molar-refractivity contribution is -0.120. The summed E-state index contributed by atoms with van der Waals surface area (Å²) < 4.78 is 44.5. The van der Waals surface area contributed by atoms with Gasteiger partial charge in [0.15, 0.2) is 11.6 Å². The highest BCUT2D eigenvalue weighted by molar-refractivity contribution is 7.89. The van der Waals surface area contributed by atoms with Gasteiger partial charge in [0, 0.05) is 19.5 Å². The Morgan fingerprint density at radius 2 is 2.10 bits per heavy atom. The van der Waals surface area contributed by atoms with Crippen molar-refractivity contribution in [2.75, 3.05) is 25.9 Å². The molecule has 4 N–H and O–H groups in total. The third kappa shape index (κ3) is 4.57. The van der Waals surface area contributed by atoms with Crippen molar-refractivity contribution in [1.29, 1.82) is 0 Å². The van der Waals surface area contributed by atoms with Gasteiger partial charge in [-0.15, -0.1) is 0 Å². The summed E-state index contributed by atoms with van der Waals surface area (Å²) in [6.45, 7) is 2.12. The van der Waals surface area contributed by atoms with E-state index in [0.717, 1.165) is 12.1 Å². The number of rotatable bonds is 7. The third-order valence-corrected chi connectivity index (χ3v) is 4.02. The average Bonchev–Trinajstić information content (AvgIpc) is 2.38. The first-order chi connectivity index (χ1) is 9.81. The SMILES string of the molecule is CCNC(=O)CCNS(=O)(=O)c1cc(N)c(OC)c(F)c1. The zero-order valence-electron chi connectivity index (χ0n) is 11.8. The Morgan fingerprint density at radius 1 is 1.43 bits per heavy atom. The van der Waals surface area contributed by atoms with E-state index in [1.807, 2.05) is 0 Å².